The summed E-state index contributed by atoms with van der Waals surface area (Å²) < 4.78 is 4.02. The number of likely N-dealkylation sites (tertiary alicyclic amines) is 1. The molecule has 3 aromatic rings. The van der Waals surface area contributed by atoms with Gasteiger partial charge in [0, 0.05) is 56.5 Å². The Morgan fingerprint density at radius 3 is 2.83 bits per heavy atom. The largest absolute Gasteiger partial charge is 0.348 e. The van der Waals surface area contributed by atoms with Gasteiger partial charge in [-0.15, -0.1) is 10.2 Å². The van der Waals surface area contributed by atoms with E-state index in [-0.39, 0.29) is 0 Å². The molecular weight excluding hydrogens is 304 g/mol. The molecule has 0 N–H and O–H groups in total. The molecule has 2 saturated heterocycles. The molecule has 3 aromatic heterocycles. The number of aromatic nitrogens is 6. The number of aryl methyl sites for hydroxylation is 1. The lowest BCUT2D eigenvalue weighted by atomic mass is 10.2. The minimum atomic E-state index is 0.517. The molecule has 8 heteroatoms. The van der Waals surface area contributed by atoms with Gasteiger partial charge in [0.15, 0.2) is 5.82 Å². The normalized spacial score (nSPS) is 23.6. The third kappa shape index (κ3) is 2.10. The van der Waals surface area contributed by atoms with Crippen LogP contribution in [-0.4, -0.2) is 66.0 Å². The smallest absolute Gasteiger partial charge is 0.203 e. The maximum absolute atomic E-state index is 4.60. The summed E-state index contributed by atoms with van der Waals surface area (Å²) in [7, 11) is 0. The molecule has 5 heterocycles. The van der Waals surface area contributed by atoms with Gasteiger partial charge in [0.25, 0.3) is 0 Å². The van der Waals surface area contributed by atoms with Gasteiger partial charge in [0.1, 0.15) is 5.82 Å². The molecule has 0 radical (unpaired) electrons. The molecule has 0 amide bonds. The molecule has 2 aliphatic heterocycles. The van der Waals surface area contributed by atoms with E-state index in [4.69, 9.17) is 0 Å². The van der Waals surface area contributed by atoms with Gasteiger partial charge in [0.2, 0.25) is 5.65 Å². The SMILES string of the molecule is Cc1nnc2c(N3CC4CC3CN4CCn3cccn3)nccn12. The standard InChI is InChI=1S/C16H20N8/c1-12-19-20-16-15(17-4-6-23(12)16)24-11-13-9-14(24)10-21(13)7-8-22-5-2-3-18-22/h2-6,13-14H,7-11H2,1H3. The summed E-state index contributed by atoms with van der Waals surface area (Å²) in [6.07, 6.45) is 8.84. The van der Waals surface area contributed by atoms with Gasteiger partial charge in [-0.3, -0.25) is 14.0 Å². The highest BCUT2D eigenvalue weighted by Crippen LogP contribution is 2.34. The zero-order chi connectivity index (χ0) is 16.1. The zero-order valence-electron chi connectivity index (χ0n) is 13.7. The van der Waals surface area contributed by atoms with E-state index in [9.17, 15) is 0 Å². The van der Waals surface area contributed by atoms with E-state index in [2.05, 4.69) is 30.1 Å². The van der Waals surface area contributed by atoms with Crippen molar-refractivity contribution in [3.63, 3.8) is 0 Å². The molecule has 0 saturated carbocycles. The molecule has 2 aliphatic rings. The van der Waals surface area contributed by atoms with E-state index < -0.39 is 0 Å². The number of fused-ring (bicyclic) bond motifs is 3. The van der Waals surface area contributed by atoms with Gasteiger partial charge in [0.05, 0.1) is 6.54 Å². The van der Waals surface area contributed by atoms with Crippen molar-refractivity contribution in [2.24, 2.45) is 0 Å². The number of piperazine rings is 1. The predicted octanol–water partition coefficient (Wildman–Crippen LogP) is 0.592. The molecule has 24 heavy (non-hydrogen) atoms. The first-order valence-corrected chi connectivity index (χ1v) is 8.44. The third-order valence-corrected chi connectivity index (χ3v) is 5.28. The number of nitrogens with zero attached hydrogens (tertiary/aromatic N) is 8. The van der Waals surface area contributed by atoms with Crippen molar-refractivity contribution >= 4 is 11.5 Å². The van der Waals surface area contributed by atoms with Crippen LogP contribution in [0.1, 0.15) is 12.2 Å². The van der Waals surface area contributed by atoms with Crippen LogP contribution in [0.5, 0.6) is 0 Å². The summed E-state index contributed by atoms with van der Waals surface area (Å²) in [4.78, 5) is 9.60. The monoisotopic (exact) mass is 324 g/mol. The molecule has 0 aromatic carbocycles. The Labute approximate surface area is 139 Å². The van der Waals surface area contributed by atoms with Crippen molar-refractivity contribution in [3.05, 3.63) is 36.7 Å². The Balaban J connectivity index is 1.33. The molecule has 2 atom stereocenters. The molecule has 2 unspecified atom stereocenters. The van der Waals surface area contributed by atoms with E-state index in [1.54, 1.807) is 0 Å². The molecule has 2 fully saturated rings. The average Bonchev–Trinajstić information content (AvgIpc) is 3.37. The second kappa shape index (κ2) is 5.27. The first-order chi connectivity index (χ1) is 11.8. The molecule has 8 nitrogen and oxygen atoms in total. The van der Waals surface area contributed by atoms with Crippen molar-refractivity contribution in [3.8, 4) is 0 Å². The Morgan fingerprint density at radius 1 is 1.08 bits per heavy atom. The van der Waals surface area contributed by atoms with Gasteiger partial charge >= 0.3 is 0 Å². The van der Waals surface area contributed by atoms with Crippen molar-refractivity contribution in [1.82, 2.24) is 34.3 Å². The van der Waals surface area contributed by atoms with E-state index in [1.807, 2.05) is 46.9 Å². The molecule has 124 valence electrons. The van der Waals surface area contributed by atoms with E-state index in [0.717, 1.165) is 43.5 Å². The Kier molecular flexibility index (Phi) is 3.05. The van der Waals surface area contributed by atoms with Gasteiger partial charge in [-0.05, 0) is 19.4 Å². The summed E-state index contributed by atoms with van der Waals surface area (Å²) in [5, 5.41) is 12.8. The number of rotatable bonds is 4. The zero-order valence-corrected chi connectivity index (χ0v) is 13.7. The first-order valence-electron chi connectivity index (χ1n) is 8.44. The van der Waals surface area contributed by atoms with Crippen LogP contribution in [0.2, 0.25) is 0 Å². The van der Waals surface area contributed by atoms with Crippen LogP contribution < -0.4 is 4.90 Å². The first kappa shape index (κ1) is 13.9. The highest BCUT2D eigenvalue weighted by molar-refractivity contribution is 5.65. The minimum Gasteiger partial charge on any atom is -0.348 e. The second-order valence-corrected chi connectivity index (χ2v) is 6.65. The summed E-state index contributed by atoms with van der Waals surface area (Å²) in [6, 6.07) is 3.09. The van der Waals surface area contributed by atoms with Crippen molar-refractivity contribution in [2.45, 2.75) is 32.0 Å². The fourth-order valence-electron chi connectivity index (χ4n) is 4.08. The van der Waals surface area contributed by atoms with Gasteiger partial charge < -0.3 is 4.90 Å². The maximum Gasteiger partial charge on any atom is 0.203 e. The third-order valence-electron chi connectivity index (χ3n) is 5.28. The quantitative estimate of drug-likeness (QED) is 0.700. The molecule has 0 spiro atoms. The molecular formula is C16H20N8. The Bertz CT molecular complexity index is 854. The predicted molar refractivity (Wildman–Crippen MR) is 88.9 cm³/mol. The highest BCUT2D eigenvalue weighted by atomic mass is 15.4. The van der Waals surface area contributed by atoms with Crippen LogP contribution in [0.4, 0.5) is 5.82 Å². The fourth-order valence-corrected chi connectivity index (χ4v) is 4.08. The van der Waals surface area contributed by atoms with Crippen molar-refractivity contribution in [1.29, 1.82) is 0 Å². The Hall–Kier alpha value is -2.48. The summed E-state index contributed by atoms with van der Waals surface area (Å²) in [5.74, 6) is 1.87. The molecule has 0 aliphatic carbocycles. The van der Waals surface area contributed by atoms with Crippen LogP contribution >= 0.6 is 0 Å². The van der Waals surface area contributed by atoms with Crippen LogP contribution in [-0.2, 0) is 6.54 Å². The fraction of sp³-hybridized carbons (Fsp3) is 0.500. The van der Waals surface area contributed by atoms with Gasteiger partial charge in [-0.2, -0.15) is 5.10 Å². The minimum absolute atomic E-state index is 0.517. The van der Waals surface area contributed by atoms with Crippen LogP contribution in [0.25, 0.3) is 5.65 Å². The summed E-state index contributed by atoms with van der Waals surface area (Å²) in [6.45, 7) is 6.08. The maximum atomic E-state index is 4.60. The van der Waals surface area contributed by atoms with E-state index in [0.29, 0.717) is 12.1 Å². The Morgan fingerprint density at radius 2 is 2.04 bits per heavy atom. The number of anilines is 1. The second-order valence-electron chi connectivity index (χ2n) is 6.65. The van der Waals surface area contributed by atoms with Crippen LogP contribution in [0.15, 0.2) is 30.9 Å². The topological polar surface area (TPSA) is 67.4 Å². The average molecular weight is 324 g/mol. The van der Waals surface area contributed by atoms with Crippen molar-refractivity contribution in [2.75, 3.05) is 24.5 Å². The lowest BCUT2D eigenvalue weighted by Gasteiger charge is -2.34. The van der Waals surface area contributed by atoms with Crippen LogP contribution in [0, 0.1) is 6.92 Å². The highest BCUT2D eigenvalue weighted by Gasteiger charge is 2.44. The lowest BCUT2D eigenvalue weighted by molar-refractivity contribution is 0.226. The summed E-state index contributed by atoms with van der Waals surface area (Å²) >= 11 is 0. The van der Waals surface area contributed by atoms with Crippen LogP contribution in [0.3, 0.4) is 0 Å². The van der Waals surface area contributed by atoms with E-state index >= 15 is 0 Å². The van der Waals surface area contributed by atoms with Crippen molar-refractivity contribution < 1.29 is 0 Å². The summed E-state index contributed by atoms with van der Waals surface area (Å²) in [5.41, 5.74) is 0.866. The van der Waals surface area contributed by atoms with E-state index in [1.165, 1.54) is 6.42 Å². The number of hydrogen-bond donors (Lipinski definition) is 0. The number of hydrogen-bond acceptors (Lipinski definition) is 6. The molecule has 5 rings (SSSR count). The van der Waals surface area contributed by atoms with Gasteiger partial charge in [-0.1, -0.05) is 0 Å². The van der Waals surface area contributed by atoms with Gasteiger partial charge in [-0.25, -0.2) is 4.98 Å². The molecule has 2 bridgehead atoms. The lowest BCUT2D eigenvalue weighted by Crippen LogP contribution is -2.47.